The third-order valence-corrected chi connectivity index (χ3v) is 4.72. The first-order chi connectivity index (χ1) is 15.0. The minimum atomic E-state index is -1.26. The first-order valence-corrected chi connectivity index (χ1v) is 9.71. The van der Waals surface area contributed by atoms with Crippen molar-refractivity contribution in [1.82, 2.24) is 5.32 Å². The summed E-state index contributed by atoms with van der Waals surface area (Å²) in [5, 5.41) is 12.5. The molecule has 158 valence electrons. The number of carboxylic acids is 1. The molecule has 3 aromatic carbocycles. The molecule has 0 bridgehead atoms. The van der Waals surface area contributed by atoms with Crippen LogP contribution in [0.2, 0.25) is 5.02 Å². The molecule has 0 saturated heterocycles. The van der Waals surface area contributed by atoms with E-state index in [9.17, 15) is 14.7 Å². The molecule has 31 heavy (non-hydrogen) atoms. The number of aliphatic carboxylic acids is 1. The highest BCUT2D eigenvalue weighted by Gasteiger charge is 2.14. The van der Waals surface area contributed by atoms with Gasteiger partial charge in [-0.15, -0.1) is 0 Å². The van der Waals surface area contributed by atoms with Crippen LogP contribution in [0.1, 0.15) is 21.5 Å². The molecule has 0 radical (unpaired) electrons. The van der Waals surface area contributed by atoms with E-state index in [0.29, 0.717) is 27.6 Å². The maximum atomic E-state index is 12.3. The van der Waals surface area contributed by atoms with Crippen LogP contribution in [0.4, 0.5) is 0 Å². The molecule has 0 aliphatic heterocycles. The maximum absolute atomic E-state index is 12.3. The largest absolute Gasteiger partial charge is 0.493 e. The molecule has 0 saturated carbocycles. The number of hydrogen-bond acceptors (Lipinski definition) is 4. The van der Waals surface area contributed by atoms with Crippen LogP contribution in [0.5, 0.6) is 11.5 Å². The van der Waals surface area contributed by atoms with Gasteiger partial charge in [0, 0.05) is 16.1 Å². The Bertz CT molecular complexity index is 1110. The van der Waals surface area contributed by atoms with Crippen LogP contribution < -0.4 is 14.8 Å². The molecule has 3 aromatic rings. The summed E-state index contributed by atoms with van der Waals surface area (Å²) in [6, 6.07) is 20.7. The molecule has 0 spiro atoms. The topological polar surface area (TPSA) is 84.9 Å². The fourth-order valence-corrected chi connectivity index (χ4v) is 2.96. The van der Waals surface area contributed by atoms with E-state index in [2.05, 4.69) is 5.32 Å². The van der Waals surface area contributed by atoms with Gasteiger partial charge in [0.1, 0.15) is 12.3 Å². The first kappa shape index (κ1) is 21.9. The summed E-state index contributed by atoms with van der Waals surface area (Å²) in [4.78, 5) is 23.9. The summed E-state index contributed by atoms with van der Waals surface area (Å²) >= 11 is 6.15. The monoisotopic (exact) mass is 437 g/mol. The Labute approximate surface area is 184 Å². The fourth-order valence-electron chi connectivity index (χ4n) is 2.77. The first-order valence-electron chi connectivity index (χ1n) is 9.33. The third kappa shape index (κ3) is 5.87. The van der Waals surface area contributed by atoms with Crippen molar-refractivity contribution in [3.63, 3.8) is 0 Å². The van der Waals surface area contributed by atoms with E-state index in [-0.39, 0.29) is 12.3 Å². The molecule has 0 unspecified atom stereocenters. The van der Waals surface area contributed by atoms with Gasteiger partial charge in [0.25, 0.3) is 5.91 Å². The van der Waals surface area contributed by atoms with E-state index < -0.39 is 11.9 Å². The van der Waals surface area contributed by atoms with Gasteiger partial charge in [-0.3, -0.25) is 4.79 Å². The Balaban J connectivity index is 1.79. The van der Waals surface area contributed by atoms with E-state index in [1.807, 2.05) is 18.2 Å². The standard InChI is InChI=1S/C24H20ClNO5/c1-30-22-14-16(11-12-21(22)31-15-18-9-5-6-10-19(18)25)13-20(24(28)29)26-23(27)17-7-3-2-4-8-17/h2-14H,15H2,1H3,(H,26,27)(H,28,29). The van der Waals surface area contributed by atoms with Gasteiger partial charge < -0.3 is 19.9 Å². The molecule has 6 nitrogen and oxygen atoms in total. The quantitative estimate of drug-likeness (QED) is 0.495. The van der Waals surface area contributed by atoms with Gasteiger partial charge in [-0.05, 0) is 42.0 Å². The van der Waals surface area contributed by atoms with Crippen molar-refractivity contribution >= 4 is 29.6 Å². The average molecular weight is 438 g/mol. The Morgan fingerprint density at radius 1 is 1.00 bits per heavy atom. The summed E-state index contributed by atoms with van der Waals surface area (Å²) in [5.41, 5.74) is 1.44. The van der Waals surface area contributed by atoms with Crippen molar-refractivity contribution in [2.75, 3.05) is 7.11 Å². The van der Waals surface area contributed by atoms with Crippen molar-refractivity contribution in [2.45, 2.75) is 6.61 Å². The number of rotatable bonds is 8. The average Bonchev–Trinajstić information content (AvgIpc) is 2.79. The molecular weight excluding hydrogens is 418 g/mol. The highest BCUT2D eigenvalue weighted by atomic mass is 35.5. The number of amides is 1. The second-order valence-corrected chi connectivity index (χ2v) is 6.88. The van der Waals surface area contributed by atoms with Gasteiger partial charge in [0.05, 0.1) is 7.11 Å². The van der Waals surface area contributed by atoms with Crippen LogP contribution in [-0.4, -0.2) is 24.1 Å². The summed E-state index contributed by atoms with van der Waals surface area (Å²) in [6.45, 7) is 0.249. The minimum absolute atomic E-state index is 0.249. The van der Waals surface area contributed by atoms with Gasteiger partial charge in [-0.1, -0.05) is 54.1 Å². The predicted octanol–water partition coefficient (Wildman–Crippen LogP) is 4.78. The molecule has 3 rings (SSSR count). The lowest BCUT2D eigenvalue weighted by Gasteiger charge is -2.12. The Kier molecular flexibility index (Phi) is 7.30. The van der Waals surface area contributed by atoms with Gasteiger partial charge in [-0.2, -0.15) is 0 Å². The predicted molar refractivity (Wildman–Crippen MR) is 118 cm³/mol. The van der Waals surface area contributed by atoms with Crippen molar-refractivity contribution in [3.05, 3.63) is 100 Å². The SMILES string of the molecule is COc1cc(C=C(NC(=O)c2ccccc2)C(=O)O)ccc1OCc1ccccc1Cl. The number of nitrogens with one attached hydrogen (secondary N) is 1. The lowest BCUT2D eigenvalue weighted by atomic mass is 10.1. The fraction of sp³-hybridized carbons (Fsp3) is 0.0833. The van der Waals surface area contributed by atoms with Gasteiger partial charge >= 0.3 is 5.97 Å². The number of hydrogen-bond donors (Lipinski definition) is 2. The van der Waals surface area contributed by atoms with Crippen LogP contribution in [0.3, 0.4) is 0 Å². The number of carbonyl (C=O) groups is 2. The maximum Gasteiger partial charge on any atom is 0.352 e. The molecule has 0 aliphatic rings. The Morgan fingerprint density at radius 3 is 2.39 bits per heavy atom. The van der Waals surface area contributed by atoms with Crippen molar-refractivity contribution in [2.24, 2.45) is 0 Å². The molecule has 0 aromatic heterocycles. The van der Waals surface area contributed by atoms with Crippen LogP contribution in [-0.2, 0) is 11.4 Å². The van der Waals surface area contributed by atoms with E-state index in [4.69, 9.17) is 21.1 Å². The zero-order chi connectivity index (χ0) is 22.2. The summed E-state index contributed by atoms with van der Waals surface area (Å²) in [6.07, 6.45) is 1.35. The van der Waals surface area contributed by atoms with E-state index in [1.54, 1.807) is 54.6 Å². The molecular formula is C24H20ClNO5. The van der Waals surface area contributed by atoms with Crippen LogP contribution in [0.25, 0.3) is 6.08 Å². The normalized spacial score (nSPS) is 11.0. The van der Waals surface area contributed by atoms with Crippen molar-refractivity contribution in [1.29, 1.82) is 0 Å². The highest BCUT2D eigenvalue weighted by molar-refractivity contribution is 6.31. The van der Waals surface area contributed by atoms with Crippen molar-refractivity contribution < 1.29 is 24.2 Å². The van der Waals surface area contributed by atoms with Gasteiger partial charge in [0.15, 0.2) is 11.5 Å². The highest BCUT2D eigenvalue weighted by Crippen LogP contribution is 2.30. The second kappa shape index (κ2) is 10.3. The van der Waals surface area contributed by atoms with E-state index >= 15 is 0 Å². The van der Waals surface area contributed by atoms with Gasteiger partial charge in [0.2, 0.25) is 0 Å². The summed E-state index contributed by atoms with van der Waals surface area (Å²) in [5.74, 6) is -0.882. The zero-order valence-electron chi connectivity index (χ0n) is 16.7. The molecule has 7 heteroatoms. The summed E-state index contributed by atoms with van der Waals surface area (Å²) < 4.78 is 11.2. The minimum Gasteiger partial charge on any atom is -0.493 e. The van der Waals surface area contributed by atoms with E-state index in [0.717, 1.165) is 5.56 Å². The van der Waals surface area contributed by atoms with Crippen LogP contribution >= 0.6 is 11.6 Å². The number of carboxylic acid groups (broad SMARTS) is 1. The zero-order valence-corrected chi connectivity index (χ0v) is 17.4. The molecule has 1 amide bonds. The smallest absolute Gasteiger partial charge is 0.352 e. The van der Waals surface area contributed by atoms with E-state index in [1.165, 1.54) is 13.2 Å². The third-order valence-electron chi connectivity index (χ3n) is 4.35. The Morgan fingerprint density at radius 2 is 1.71 bits per heavy atom. The lowest BCUT2D eigenvalue weighted by molar-refractivity contribution is -0.132. The molecule has 2 N–H and O–H groups in total. The van der Waals surface area contributed by atoms with Crippen LogP contribution in [0, 0.1) is 0 Å². The van der Waals surface area contributed by atoms with Gasteiger partial charge in [-0.25, -0.2) is 4.79 Å². The molecule has 0 heterocycles. The summed E-state index contributed by atoms with van der Waals surface area (Å²) in [7, 11) is 1.49. The molecule has 0 aliphatic carbocycles. The number of carbonyl (C=O) groups excluding carboxylic acids is 1. The number of halogens is 1. The number of ether oxygens (including phenoxy) is 2. The molecule has 0 fully saturated rings. The lowest BCUT2D eigenvalue weighted by Crippen LogP contribution is -2.27. The van der Waals surface area contributed by atoms with Crippen molar-refractivity contribution in [3.8, 4) is 11.5 Å². The second-order valence-electron chi connectivity index (χ2n) is 6.47. The Hall–Kier alpha value is -3.77. The molecule has 0 atom stereocenters. The number of benzene rings is 3. The van der Waals surface area contributed by atoms with Crippen LogP contribution in [0.15, 0.2) is 78.5 Å². The number of methoxy groups -OCH3 is 1.